The van der Waals surface area contributed by atoms with Gasteiger partial charge in [0.15, 0.2) is 0 Å². The van der Waals surface area contributed by atoms with Gasteiger partial charge in [-0.2, -0.15) is 0 Å². The molecule has 0 aromatic heterocycles. The van der Waals surface area contributed by atoms with Gasteiger partial charge in [0, 0.05) is 25.7 Å². The Morgan fingerprint density at radius 1 is 1.00 bits per heavy atom. The Labute approximate surface area is 163 Å². The number of fused-ring (bicyclic) bond motifs is 1. The number of carbonyl (C=O) groups is 1. The molecule has 27 heavy (non-hydrogen) atoms. The van der Waals surface area contributed by atoms with Crippen LogP contribution in [0.2, 0.25) is 0 Å². The van der Waals surface area contributed by atoms with E-state index in [1.165, 1.54) is 16.7 Å². The molecule has 1 amide bonds. The lowest BCUT2D eigenvalue weighted by atomic mass is 9.82. The number of piperidine rings is 1. The zero-order valence-electron chi connectivity index (χ0n) is 16.5. The molecule has 2 unspecified atom stereocenters. The van der Waals surface area contributed by atoms with Gasteiger partial charge in [0.2, 0.25) is 5.91 Å². The molecule has 0 spiro atoms. The molecule has 0 saturated carbocycles. The SMILES string of the molecule is CC1C(C(=O)N2CCC(Cc3ccccc3)CC2)c2ccccc2CN1C. The number of hydrogen-bond donors (Lipinski definition) is 0. The number of carbonyl (C=O) groups excluding carboxylic acids is 1. The molecule has 0 N–H and O–H groups in total. The Morgan fingerprint density at radius 3 is 2.41 bits per heavy atom. The minimum absolute atomic E-state index is 0.0365. The van der Waals surface area contributed by atoms with Crippen LogP contribution in [0.15, 0.2) is 54.6 Å². The minimum atomic E-state index is -0.0365. The van der Waals surface area contributed by atoms with Crippen LogP contribution < -0.4 is 0 Å². The lowest BCUT2D eigenvalue weighted by Gasteiger charge is -2.41. The third kappa shape index (κ3) is 3.79. The second-order valence-electron chi connectivity index (χ2n) is 8.29. The molecule has 2 atom stereocenters. The average Bonchev–Trinajstić information content (AvgIpc) is 2.70. The van der Waals surface area contributed by atoms with Gasteiger partial charge in [-0.05, 0) is 55.8 Å². The van der Waals surface area contributed by atoms with Crippen LogP contribution in [0.1, 0.15) is 42.4 Å². The van der Waals surface area contributed by atoms with Crippen LogP contribution in [0, 0.1) is 5.92 Å². The van der Waals surface area contributed by atoms with Crippen molar-refractivity contribution in [2.75, 3.05) is 20.1 Å². The van der Waals surface area contributed by atoms with Crippen molar-refractivity contribution in [3.05, 3.63) is 71.3 Å². The lowest BCUT2D eigenvalue weighted by molar-refractivity contribution is -0.136. The molecule has 2 aromatic rings. The molecule has 1 fully saturated rings. The highest BCUT2D eigenvalue weighted by Gasteiger charge is 2.38. The van der Waals surface area contributed by atoms with E-state index in [9.17, 15) is 4.79 Å². The number of amides is 1. The highest BCUT2D eigenvalue weighted by atomic mass is 16.2. The van der Waals surface area contributed by atoms with Crippen molar-refractivity contribution < 1.29 is 4.79 Å². The van der Waals surface area contributed by atoms with Crippen LogP contribution >= 0.6 is 0 Å². The Kier molecular flexibility index (Phi) is 5.31. The Morgan fingerprint density at radius 2 is 1.67 bits per heavy atom. The van der Waals surface area contributed by atoms with Gasteiger partial charge in [0.25, 0.3) is 0 Å². The second-order valence-corrected chi connectivity index (χ2v) is 8.29. The van der Waals surface area contributed by atoms with Gasteiger partial charge < -0.3 is 4.90 Å². The normalized spacial score (nSPS) is 23.9. The fraction of sp³-hybridized carbons (Fsp3) is 0.458. The van der Waals surface area contributed by atoms with E-state index in [4.69, 9.17) is 0 Å². The summed E-state index contributed by atoms with van der Waals surface area (Å²) in [6.45, 7) is 4.91. The Balaban J connectivity index is 1.43. The summed E-state index contributed by atoms with van der Waals surface area (Å²) in [5, 5.41) is 0. The van der Waals surface area contributed by atoms with Crippen LogP contribution in [0.25, 0.3) is 0 Å². The summed E-state index contributed by atoms with van der Waals surface area (Å²) in [4.78, 5) is 17.9. The number of benzene rings is 2. The van der Waals surface area contributed by atoms with Gasteiger partial charge in [-0.15, -0.1) is 0 Å². The zero-order chi connectivity index (χ0) is 18.8. The zero-order valence-corrected chi connectivity index (χ0v) is 16.5. The third-order valence-corrected chi connectivity index (χ3v) is 6.55. The Hall–Kier alpha value is -2.13. The van der Waals surface area contributed by atoms with Gasteiger partial charge in [-0.3, -0.25) is 9.69 Å². The number of likely N-dealkylation sites (tertiary alicyclic amines) is 1. The van der Waals surface area contributed by atoms with Crippen molar-refractivity contribution in [1.29, 1.82) is 0 Å². The molecule has 2 aliphatic heterocycles. The van der Waals surface area contributed by atoms with Crippen LogP contribution in [0.4, 0.5) is 0 Å². The molecule has 3 nitrogen and oxygen atoms in total. The maximum atomic E-state index is 13.4. The molecule has 2 heterocycles. The number of likely N-dealkylation sites (N-methyl/N-ethyl adjacent to an activating group) is 1. The number of hydrogen-bond acceptors (Lipinski definition) is 2. The molecule has 2 aromatic carbocycles. The lowest BCUT2D eigenvalue weighted by Crippen LogP contribution is -2.49. The average molecular weight is 363 g/mol. The predicted octanol–water partition coefficient (Wildman–Crippen LogP) is 4.09. The van der Waals surface area contributed by atoms with Gasteiger partial charge in [0.1, 0.15) is 0 Å². The predicted molar refractivity (Wildman–Crippen MR) is 110 cm³/mol. The molecule has 1 saturated heterocycles. The smallest absolute Gasteiger partial charge is 0.231 e. The molecule has 0 radical (unpaired) electrons. The topological polar surface area (TPSA) is 23.6 Å². The van der Waals surface area contributed by atoms with Gasteiger partial charge in [-0.25, -0.2) is 0 Å². The summed E-state index contributed by atoms with van der Waals surface area (Å²) in [7, 11) is 2.13. The van der Waals surface area contributed by atoms with Crippen LogP contribution in [0.5, 0.6) is 0 Å². The fourth-order valence-electron chi connectivity index (χ4n) is 4.75. The summed E-state index contributed by atoms with van der Waals surface area (Å²) in [6.07, 6.45) is 3.35. The molecule has 0 aliphatic carbocycles. The van der Waals surface area contributed by atoms with E-state index >= 15 is 0 Å². The molecule has 142 valence electrons. The first-order valence-corrected chi connectivity index (χ1v) is 10.2. The summed E-state index contributed by atoms with van der Waals surface area (Å²) in [5.41, 5.74) is 3.95. The Bertz CT molecular complexity index is 780. The first-order chi connectivity index (χ1) is 13.1. The summed E-state index contributed by atoms with van der Waals surface area (Å²) >= 11 is 0. The van der Waals surface area contributed by atoms with Gasteiger partial charge >= 0.3 is 0 Å². The van der Waals surface area contributed by atoms with Crippen molar-refractivity contribution in [3.8, 4) is 0 Å². The molecular formula is C24H30N2O. The van der Waals surface area contributed by atoms with Crippen LogP contribution in [0.3, 0.4) is 0 Å². The van der Waals surface area contributed by atoms with E-state index in [1.807, 2.05) is 0 Å². The van der Waals surface area contributed by atoms with Gasteiger partial charge in [0.05, 0.1) is 5.92 Å². The van der Waals surface area contributed by atoms with E-state index in [0.29, 0.717) is 11.8 Å². The molecule has 0 bridgehead atoms. The molecule has 3 heteroatoms. The van der Waals surface area contributed by atoms with E-state index in [-0.39, 0.29) is 12.0 Å². The minimum Gasteiger partial charge on any atom is -0.342 e. The van der Waals surface area contributed by atoms with Crippen molar-refractivity contribution >= 4 is 5.91 Å². The fourth-order valence-corrected chi connectivity index (χ4v) is 4.75. The summed E-state index contributed by atoms with van der Waals surface area (Å²) < 4.78 is 0. The van der Waals surface area contributed by atoms with E-state index in [1.54, 1.807) is 0 Å². The standard InChI is InChI=1S/C24H30N2O/c1-18-23(22-11-7-6-10-21(22)17-25(18)2)24(27)26-14-12-20(13-15-26)16-19-8-4-3-5-9-19/h3-11,18,20,23H,12-17H2,1-2H3. The van der Waals surface area contributed by atoms with Crippen LogP contribution in [-0.4, -0.2) is 41.9 Å². The third-order valence-electron chi connectivity index (χ3n) is 6.55. The monoisotopic (exact) mass is 362 g/mol. The highest BCUT2D eigenvalue weighted by Crippen LogP contribution is 2.35. The molecular weight excluding hydrogens is 332 g/mol. The van der Waals surface area contributed by atoms with E-state index in [0.717, 1.165) is 38.9 Å². The highest BCUT2D eigenvalue weighted by molar-refractivity contribution is 5.85. The van der Waals surface area contributed by atoms with Crippen molar-refractivity contribution in [3.63, 3.8) is 0 Å². The molecule has 2 aliphatic rings. The molecule has 4 rings (SSSR count). The van der Waals surface area contributed by atoms with E-state index in [2.05, 4.69) is 78.4 Å². The van der Waals surface area contributed by atoms with Crippen molar-refractivity contribution in [2.24, 2.45) is 5.92 Å². The quantitative estimate of drug-likeness (QED) is 0.821. The van der Waals surface area contributed by atoms with Crippen molar-refractivity contribution in [2.45, 2.75) is 44.7 Å². The number of nitrogens with zero attached hydrogens (tertiary/aromatic N) is 2. The number of rotatable bonds is 3. The van der Waals surface area contributed by atoms with Crippen molar-refractivity contribution in [1.82, 2.24) is 9.80 Å². The summed E-state index contributed by atoms with van der Waals surface area (Å²) in [6, 6.07) is 19.5. The largest absolute Gasteiger partial charge is 0.342 e. The maximum Gasteiger partial charge on any atom is 0.231 e. The second kappa shape index (κ2) is 7.85. The first-order valence-electron chi connectivity index (χ1n) is 10.2. The maximum absolute atomic E-state index is 13.4. The first kappa shape index (κ1) is 18.2. The van der Waals surface area contributed by atoms with Crippen LogP contribution in [-0.2, 0) is 17.8 Å². The summed E-state index contributed by atoms with van der Waals surface area (Å²) in [5.74, 6) is 0.973. The van der Waals surface area contributed by atoms with Gasteiger partial charge in [-0.1, -0.05) is 54.6 Å². The van der Waals surface area contributed by atoms with E-state index < -0.39 is 0 Å².